The summed E-state index contributed by atoms with van der Waals surface area (Å²) < 4.78 is 6.94. The molecule has 1 aliphatic rings. The molecule has 0 radical (unpaired) electrons. The van der Waals surface area contributed by atoms with Crippen molar-refractivity contribution < 1.29 is 9.53 Å². The number of rotatable bonds is 7. The molecule has 1 heterocycles. The molecule has 0 bridgehead atoms. The van der Waals surface area contributed by atoms with Gasteiger partial charge in [0.25, 0.3) is 0 Å². The second-order valence-electron chi connectivity index (χ2n) is 3.97. The van der Waals surface area contributed by atoms with Crippen LogP contribution in [0.15, 0.2) is 38.0 Å². The third-order valence-corrected chi connectivity index (χ3v) is 7.60. The minimum atomic E-state index is -1.92. The number of allylic oxidation sites excluding steroid dienone is 3. The van der Waals surface area contributed by atoms with Gasteiger partial charge in [-0.2, -0.15) is 0 Å². The van der Waals surface area contributed by atoms with E-state index in [1.165, 1.54) is 0 Å². The van der Waals surface area contributed by atoms with Gasteiger partial charge in [-0.3, -0.25) is 0 Å². The van der Waals surface area contributed by atoms with Gasteiger partial charge in [0.15, 0.2) is 8.24 Å². The zero-order valence-electron chi connectivity index (χ0n) is 9.65. The van der Waals surface area contributed by atoms with Crippen LogP contribution in [0, 0.1) is 0 Å². The molecule has 0 saturated carbocycles. The molecule has 0 aromatic rings. The van der Waals surface area contributed by atoms with Crippen molar-refractivity contribution in [1.29, 1.82) is 0 Å². The van der Waals surface area contributed by atoms with Gasteiger partial charge in [0.05, 0.1) is 0 Å². The summed E-state index contributed by atoms with van der Waals surface area (Å²) >= 11 is 0. The number of amides is 1. The van der Waals surface area contributed by atoms with E-state index in [2.05, 4.69) is 19.7 Å². The molecule has 0 N–H and O–H groups in total. The minimum Gasteiger partial charge on any atom is -0.448 e. The lowest BCUT2D eigenvalue weighted by atomic mass is 10.7. The van der Waals surface area contributed by atoms with Gasteiger partial charge >= 0.3 is 6.09 Å². The van der Waals surface area contributed by atoms with E-state index in [0.717, 1.165) is 18.1 Å². The van der Waals surface area contributed by atoms with Gasteiger partial charge in [-0.25, -0.2) is 4.79 Å². The summed E-state index contributed by atoms with van der Waals surface area (Å²) in [4.78, 5) is 11.7. The Kier molecular flexibility index (Phi) is 4.55. The highest BCUT2D eigenvalue weighted by atomic mass is 28.3. The molecule has 88 valence electrons. The minimum absolute atomic E-state index is 0.183. The number of cyclic esters (lactones) is 1. The fourth-order valence-corrected chi connectivity index (χ4v) is 6.00. The number of hydrogen-bond acceptors (Lipinski definition) is 2. The van der Waals surface area contributed by atoms with Gasteiger partial charge < -0.3 is 9.30 Å². The Hall–Kier alpha value is -1.29. The van der Waals surface area contributed by atoms with E-state index < -0.39 is 8.24 Å². The lowest BCUT2D eigenvalue weighted by Crippen LogP contribution is -2.53. The van der Waals surface area contributed by atoms with Crippen LogP contribution in [-0.2, 0) is 4.74 Å². The smallest absolute Gasteiger partial charge is 0.401 e. The molecule has 0 aliphatic carbocycles. The first-order chi connectivity index (χ1) is 7.70. The average molecular weight is 237 g/mol. The Morgan fingerprint density at radius 3 is 2.00 bits per heavy atom. The summed E-state index contributed by atoms with van der Waals surface area (Å²) in [7, 11) is -1.92. The van der Waals surface area contributed by atoms with Crippen LogP contribution in [0.5, 0.6) is 0 Å². The molecule has 4 heteroatoms. The van der Waals surface area contributed by atoms with Crippen molar-refractivity contribution in [2.24, 2.45) is 0 Å². The monoisotopic (exact) mass is 237 g/mol. The summed E-state index contributed by atoms with van der Waals surface area (Å²) in [6.45, 7) is 12.6. The third-order valence-electron chi connectivity index (χ3n) is 2.91. The second-order valence-corrected chi connectivity index (χ2v) is 8.18. The molecule has 1 aliphatic heterocycles. The fraction of sp³-hybridized carbons (Fsp3) is 0.417. The topological polar surface area (TPSA) is 29.5 Å². The SMILES string of the molecule is C=CC[Si](CC=C)(CC=C)N1CCOC1=O. The lowest BCUT2D eigenvalue weighted by molar-refractivity contribution is 0.168. The number of ether oxygens (including phenoxy) is 1. The molecule has 1 fully saturated rings. The van der Waals surface area contributed by atoms with Gasteiger partial charge in [-0.1, -0.05) is 18.2 Å². The Balaban J connectivity index is 2.96. The first kappa shape index (κ1) is 12.8. The van der Waals surface area contributed by atoms with Crippen molar-refractivity contribution in [2.45, 2.75) is 18.1 Å². The molecule has 0 atom stereocenters. The highest BCUT2D eigenvalue weighted by molar-refractivity contribution is 6.80. The van der Waals surface area contributed by atoms with Crippen LogP contribution in [0.1, 0.15) is 0 Å². The number of hydrogen-bond donors (Lipinski definition) is 0. The molecule has 0 aromatic heterocycles. The first-order valence-electron chi connectivity index (χ1n) is 5.47. The van der Waals surface area contributed by atoms with Gasteiger partial charge in [0.1, 0.15) is 6.61 Å². The molecule has 16 heavy (non-hydrogen) atoms. The van der Waals surface area contributed by atoms with Crippen molar-refractivity contribution in [3.05, 3.63) is 38.0 Å². The number of nitrogens with zero attached hydrogens (tertiary/aromatic N) is 1. The molecule has 1 saturated heterocycles. The second kappa shape index (κ2) is 5.70. The number of carbonyl (C=O) groups excluding carboxylic acids is 1. The maximum atomic E-state index is 11.7. The van der Waals surface area contributed by atoms with Crippen LogP contribution in [0.3, 0.4) is 0 Å². The van der Waals surface area contributed by atoms with E-state index in [-0.39, 0.29) is 6.09 Å². The Bertz CT molecular complexity index is 275. The quantitative estimate of drug-likeness (QED) is 0.503. The van der Waals surface area contributed by atoms with Crippen LogP contribution < -0.4 is 0 Å². The van der Waals surface area contributed by atoms with E-state index in [1.54, 1.807) is 0 Å². The van der Waals surface area contributed by atoms with E-state index in [9.17, 15) is 4.79 Å². The highest BCUT2D eigenvalue weighted by Crippen LogP contribution is 2.29. The van der Waals surface area contributed by atoms with Crippen molar-refractivity contribution in [1.82, 2.24) is 4.57 Å². The van der Waals surface area contributed by atoms with Crippen molar-refractivity contribution in [2.75, 3.05) is 13.2 Å². The lowest BCUT2D eigenvalue weighted by Gasteiger charge is -2.36. The first-order valence-corrected chi connectivity index (χ1v) is 8.04. The summed E-state index contributed by atoms with van der Waals surface area (Å²) in [5.41, 5.74) is 0. The largest absolute Gasteiger partial charge is 0.448 e. The van der Waals surface area contributed by atoms with E-state index >= 15 is 0 Å². The molecule has 1 amide bonds. The number of carbonyl (C=O) groups is 1. The molecular formula is C12H19NO2Si. The van der Waals surface area contributed by atoms with E-state index in [1.807, 2.05) is 22.8 Å². The zero-order valence-corrected chi connectivity index (χ0v) is 10.7. The molecular weight excluding hydrogens is 218 g/mol. The standard InChI is InChI=1S/C12H19NO2Si/c1-4-9-16(10-5-2,11-6-3)13-7-8-15-12(13)14/h4-6H,1-3,7-11H2. The normalized spacial score (nSPS) is 15.8. The summed E-state index contributed by atoms with van der Waals surface area (Å²) in [5.74, 6) is 0. The molecule has 1 rings (SSSR count). The van der Waals surface area contributed by atoms with Crippen LogP contribution >= 0.6 is 0 Å². The molecule has 3 nitrogen and oxygen atoms in total. The average Bonchev–Trinajstić information content (AvgIpc) is 2.66. The van der Waals surface area contributed by atoms with Crippen molar-refractivity contribution >= 4 is 14.3 Å². The maximum Gasteiger partial charge on any atom is 0.401 e. The van der Waals surface area contributed by atoms with Crippen LogP contribution in [0.25, 0.3) is 0 Å². The predicted octanol–water partition coefficient (Wildman–Crippen LogP) is 2.94. The fourth-order valence-electron chi connectivity index (χ4n) is 2.21. The summed E-state index contributed by atoms with van der Waals surface area (Å²) in [6, 6.07) is 2.58. The molecule has 0 aromatic carbocycles. The van der Waals surface area contributed by atoms with Crippen LogP contribution in [0.4, 0.5) is 4.79 Å². The van der Waals surface area contributed by atoms with Gasteiger partial charge in [0.2, 0.25) is 0 Å². The van der Waals surface area contributed by atoms with Gasteiger partial charge in [0, 0.05) is 6.54 Å². The maximum absolute atomic E-state index is 11.7. The Labute approximate surface area is 98.2 Å². The summed E-state index contributed by atoms with van der Waals surface area (Å²) in [5, 5.41) is 0. The van der Waals surface area contributed by atoms with Gasteiger partial charge in [-0.05, 0) is 18.1 Å². The zero-order chi connectivity index (χ0) is 12.0. The van der Waals surface area contributed by atoms with Crippen LogP contribution in [-0.4, -0.2) is 32.0 Å². The Morgan fingerprint density at radius 1 is 1.19 bits per heavy atom. The predicted molar refractivity (Wildman–Crippen MR) is 68.8 cm³/mol. The molecule has 0 spiro atoms. The Morgan fingerprint density at radius 2 is 1.69 bits per heavy atom. The van der Waals surface area contributed by atoms with Crippen molar-refractivity contribution in [3.8, 4) is 0 Å². The summed E-state index contributed by atoms with van der Waals surface area (Å²) in [6.07, 6.45) is 5.50. The molecule has 0 unspecified atom stereocenters. The third kappa shape index (κ3) is 2.44. The van der Waals surface area contributed by atoms with E-state index in [4.69, 9.17) is 4.74 Å². The highest BCUT2D eigenvalue weighted by Gasteiger charge is 2.42. The van der Waals surface area contributed by atoms with E-state index in [0.29, 0.717) is 13.2 Å². The van der Waals surface area contributed by atoms with Crippen LogP contribution in [0.2, 0.25) is 18.1 Å². The van der Waals surface area contributed by atoms with Gasteiger partial charge in [-0.15, -0.1) is 19.7 Å². The van der Waals surface area contributed by atoms with Crippen molar-refractivity contribution in [3.63, 3.8) is 0 Å².